The van der Waals surface area contributed by atoms with Gasteiger partial charge in [-0.2, -0.15) is 0 Å². The lowest BCUT2D eigenvalue weighted by Crippen LogP contribution is -2.19. The van der Waals surface area contributed by atoms with Crippen LogP contribution in [0.25, 0.3) is 0 Å². The van der Waals surface area contributed by atoms with E-state index in [1.165, 1.54) is 19.3 Å². The van der Waals surface area contributed by atoms with Crippen LogP contribution in [0.3, 0.4) is 0 Å². The Balaban J connectivity index is 2.27. The molecule has 0 radical (unpaired) electrons. The molecule has 16 heavy (non-hydrogen) atoms. The van der Waals surface area contributed by atoms with E-state index < -0.39 is 5.91 Å². The molecule has 86 valence electrons. The van der Waals surface area contributed by atoms with Crippen LogP contribution in [0.1, 0.15) is 54.2 Å². The number of nitrogens with two attached hydrogens (primary N) is 2. The monoisotopic (exact) mass is 220 g/mol. The molecule has 1 aromatic heterocycles. The van der Waals surface area contributed by atoms with Crippen LogP contribution in [-0.4, -0.2) is 15.9 Å². The van der Waals surface area contributed by atoms with Gasteiger partial charge in [-0.1, -0.05) is 19.3 Å². The predicted molar refractivity (Wildman–Crippen MR) is 60.8 cm³/mol. The number of carbonyl (C=O) groups is 1. The molecule has 0 aromatic carbocycles. The average Bonchev–Trinajstić information content (AvgIpc) is 2.30. The van der Waals surface area contributed by atoms with Crippen molar-refractivity contribution in [3.05, 3.63) is 17.6 Å². The zero-order valence-corrected chi connectivity index (χ0v) is 9.15. The smallest absolute Gasteiger partial charge is 0.271 e. The number of carbonyl (C=O) groups excluding carboxylic acids is 1. The number of primary amides is 1. The van der Waals surface area contributed by atoms with Crippen molar-refractivity contribution in [2.24, 2.45) is 5.73 Å². The van der Waals surface area contributed by atoms with Crippen molar-refractivity contribution in [3.8, 4) is 0 Å². The molecular formula is C11H16N4O. The van der Waals surface area contributed by atoms with Gasteiger partial charge in [0.05, 0.1) is 11.9 Å². The van der Waals surface area contributed by atoms with Crippen LogP contribution in [-0.2, 0) is 0 Å². The van der Waals surface area contributed by atoms with Gasteiger partial charge in [0, 0.05) is 5.92 Å². The molecule has 1 fully saturated rings. The maximum Gasteiger partial charge on any atom is 0.271 e. The molecule has 1 heterocycles. The summed E-state index contributed by atoms with van der Waals surface area (Å²) in [6, 6.07) is 0. The summed E-state index contributed by atoms with van der Waals surface area (Å²) in [7, 11) is 0. The van der Waals surface area contributed by atoms with E-state index in [0.717, 1.165) is 18.5 Å². The Bertz CT molecular complexity index is 399. The van der Waals surface area contributed by atoms with Gasteiger partial charge in [0.15, 0.2) is 11.5 Å². The number of aromatic nitrogens is 2. The average molecular weight is 220 g/mol. The summed E-state index contributed by atoms with van der Waals surface area (Å²) < 4.78 is 0. The van der Waals surface area contributed by atoms with Gasteiger partial charge in [-0.05, 0) is 12.8 Å². The van der Waals surface area contributed by atoms with Gasteiger partial charge in [0.1, 0.15) is 0 Å². The van der Waals surface area contributed by atoms with Crippen molar-refractivity contribution in [2.75, 3.05) is 5.73 Å². The first kappa shape index (κ1) is 10.9. The van der Waals surface area contributed by atoms with Crippen LogP contribution >= 0.6 is 0 Å². The van der Waals surface area contributed by atoms with Gasteiger partial charge in [-0.3, -0.25) is 4.79 Å². The van der Waals surface area contributed by atoms with E-state index in [1.807, 2.05) is 0 Å². The number of amides is 1. The van der Waals surface area contributed by atoms with E-state index in [9.17, 15) is 4.79 Å². The molecule has 0 saturated heterocycles. The fourth-order valence-corrected chi connectivity index (χ4v) is 2.19. The molecule has 0 unspecified atom stereocenters. The van der Waals surface area contributed by atoms with Crippen molar-refractivity contribution in [3.63, 3.8) is 0 Å². The van der Waals surface area contributed by atoms with Crippen molar-refractivity contribution < 1.29 is 4.79 Å². The van der Waals surface area contributed by atoms with E-state index in [2.05, 4.69) is 9.97 Å². The van der Waals surface area contributed by atoms with Gasteiger partial charge < -0.3 is 11.5 Å². The Hall–Kier alpha value is -1.65. The number of anilines is 1. The highest BCUT2D eigenvalue weighted by molar-refractivity contribution is 5.94. The van der Waals surface area contributed by atoms with E-state index in [-0.39, 0.29) is 11.5 Å². The van der Waals surface area contributed by atoms with E-state index >= 15 is 0 Å². The predicted octanol–water partition coefficient (Wildman–Crippen LogP) is 1.21. The van der Waals surface area contributed by atoms with Crippen LogP contribution < -0.4 is 11.5 Å². The highest BCUT2D eigenvalue weighted by atomic mass is 16.1. The Morgan fingerprint density at radius 3 is 2.62 bits per heavy atom. The Labute approximate surface area is 94.3 Å². The first-order chi connectivity index (χ1) is 7.68. The van der Waals surface area contributed by atoms with Crippen molar-refractivity contribution in [1.29, 1.82) is 0 Å². The molecule has 1 aliphatic rings. The van der Waals surface area contributed by atoms with Crippen LogP contribution in [0.4, 0.5) is 5.82 Å². The second-order valence-corrected chi connectivity index (χ2v) is 4.23. The molecule has 0 bridgehead atoms. The molecule has 4 N–H and O–H groups in total. The topological polar surface area (TPSA) is 94.9 Å². The van der Waals surface area contributed by atoms with Crippen molar-refractivity contribution >= 4 is 11.7 Å². The van der Waals surface area contributed by atoms with Crippen molar-refractivity contribution in [2.45, 2.75) is 38.0 Å². The second kappa shape index (κ2) is 4.47. The summed E-state index contributed by atoms with van der Waals surface area (Å²) in [6.07, 6.45) is 7.58. The summed E-state index contributed by atoms with van der Waals surface area (Å²) in [5.41, 5.74) is 11.7. The lowest BCUT2D eigenvalue weighted by molar-refractivity contribution is 0.0996. The SMILES string of the molecule is NC(=O)c1nc(C2CCCCC2)cnc1N. The van der Waals surface area contributed by atoms with Gasteiger partial charge in [0.2, 0.25) is 0 Å². The van der Waals surface area contributed by atoms with Gasteiger partial charge in [-0.15, -0.1) is 0 Å². The van der Waals surface area contributed by atoms with Gasteiger partial charge in [0.25, 0.3) is 5.91 Å². The Morgan fingerprint density at radius 2 is 2.00 bits per heavy atom. The van der Waals surface area contributed by atoms with E-state index in [1.54, 1.807) is 6.20 Å². The third-order valence-corrected chi connectivity index (χ3v) is 3.08. The minimum Gasteiger partial charge on any atom is -0.382 e. The van der Waals surface area contributed by atoms with Crippen LogP contribution in [0.2, 0.25) is 0 Å². The zero-order chi connectivity index (χ0) is 11.5. The summed E-state index contributed by atoms with van der Waals surface area (Å²) in [4.78, 5) is 19.3. The summed E-state index contributed by atoms with van der Waals surface area (Å²) in [6.45, 7) is 0. The minimum atomic E-state index is -0.609. The summed E-state index contributed by atoms with van der Waals surface area (Å²) >= 11 is 0. The Morgan fingerprint density at radius 1 is 1.31 bits per heavy atom. The third kappa shape index (κ3) is 2.13. The first-order valence-electron chi connectivity index (χ1n) is 5.60. The zero-order valence-electron chi connectivity index (χ0n) is 9.15. The quantitative estimate of drug-likeness (QED) is 0.783. The normalized spacial score (nSPS) is 17.2. The lowest BCUT2D eigenvalue weighted by atomic mass is 9.87. The second-order valence-electron chi connectivity index (χ2n) is 4.23. The maximum absolute atomic E-state index is 11.1. The van der Waals surface area contributed by atoms with Crippen LogP contribution in [0, 0.1) is 0 Å². The molecule has 5 heteroatoms. The maximum atomic E-state index is 11.1. The molecule has 1 saturated carbocycles. The van der Waals surface area contributed by atoms with E-state index in [4.69, 9.17) is 11.5 Å². The van der Waals surface area contributed by atoms with Crippen LogP contribution in [0.5, 0.6) is 0 Å². The molecule has 1 aromatic rings. The summed E-state index contributed by atoms with van der Waals surface area (Å²) in [5, 5.41) is 0. The molecule has 0 spiro atoms. The highest BCUT2D eigenvalue weighted by Gasteiger charge is 2.19. The fraction of sp³-hybridized carbons (Fsp3) is 0.545. The minimum absolute atomic E-state index is 0.100. The Kier molecular flexibility index (Phi) is 3.03. The standard InChI is InChI=1S/C11H16N4O/c12-10-9(11(13)16)15-8(6-14-10)7-4-2-1-3-5-7/h6-7H,1-5H2,(H2,12,14)(H2,13,16). The largest absolute Gasteiger partial charge is 0.382 e. The molecule has 0 aliphatic heterocycles. The number of rotatable bonds is 2. The number of nitrogen functional groups attached to an aromatic ring is 1. The molecule has 5 nitrogen and oxygen atoms in total. The fourth-order valence-electron chi connectivity index (χ4n) is 2.19. The third-order valence-electron chi connectivity index (χ3n) is 3.08. The van der Waals surface area contributed by atoms with Crippen LogP contribution in [0.15, 0.2) is 6.20 Å². The van der Waals surface area contributed by atoms with Gasteiger partial charge in [-0.25, -0.2) is 9.97 Å². The number of hydrogen-bond donors (Lipinski definition) is 2. The van der Waals surface area contributed by atoms with Gasteiger partial charge >= 0.3 is 0 Å². The molecular weight excluding hydrogens is 204 g/mol. The molecule has 2 rings (SSSR count). The van der Waals surface area contributed by atoms with E-state index in [0.29, 0.717) is 5.92 Å². The summed E-state index contributed by atoms with van der Waals surface area (Å²) in [5.74, 6) is -0.0883. The van der Waals surface area contributed by atoms with Crippen molar-refractivity contribution in [1.82, 2.24) is 9.97 Å². The molecule has 1 aliphatic carbocycles. The number of hydrogen-bond acceptors (Lipinski definition) is 4. The first-order valence-corrected chi connectivity index (χ1v) is 5.60. The highest BCUT2D eigenvalue weighted by Crippen LogP contribution is 2.31. The number of nitrogens with zero attached hydrogens (tertiary/aromatic N) is 2. The molecule has 0 atom stereocenters. The molecule has 1 amide bonds. The lowest BCUT2D eigenvalue weighted by Gasteiger charge is -2.21.